The van der Waals surface area contributed by atoms with Gasteiger partial charge in [0, 0.05) is 25.2 Å². The van der Waals surface area contributed by atoms with E-state index in [2.05, 4.69) is 0 Å². The maximum atomic E-state index is 13.1. The van der Waals surface area contributed by atoms with Crippen molar-refractivity contribution in [3.8, 4) is 0 Å². The molecule has 0 bridgehead atoms. The molecule has 4 nitrogen and oxygen atoms in total. The summed E-state index contributed by atoms with van der Waals surface area (Å²) in [5, 5.41) is 0. The molecule has 0 spiro atoms. The highest BCUT2D eigenvalue weighted by Crippen LogP contribution is 2.16. The van der Waals surface area contributed by atoms with E-state index in [1.54, 1.807) is 17.0 Å². The number of carbonyl (C=O) groups excluding carboxylic acids is 1. The zero-order valence-corrected chi connectivity index (χ0v) is 10.8. The van der Waals surface area contributed by atoms with Gasteiger partial charge in [-0.3, -0.25) is 4.79 Å². The zero-order valence-electron chi connectivity index (χ0n) is 10.8. The highest BCUT2D eigenvalue weighted by atomic mass is 19.1. The summed E-state index contributed by atoms with van der Waals surface area (Å²) in [6.45, 7) is 2.36. The van der Waals surface area contributed by atoms with Crippen LogP contribution in [0, 0.1) is 5.82 Å². The third kappa shape index (κ3) is 3.75. The van der Waals surface area contributed by atoms with Crippen LogP contribution in [0.5, 0.6) is 0 Å². The molecule has 19 heavy (non-hydrogen) atoms. The van der Waals surface area contributed by atoms with Crippen LogP contribution in [0.15, 0.2) is 24.3 Å². The normalized spacial score (nSPS) is 16.6. The van der Waals surface area contributed by atoms with Gasteiger partial charge in [-0.1, -0.05) is 6.07 Å². The van der Waals surface area contributed by atoms with Crippen LogP contribution < -0.4 is 5.73 Å². The van der Waals surface area contributed by atoms with Crippen molar-refractivity contribution in [1.29, 1.82) is 0 Å². The largest absolute Gasteiger partial charge is 0.377 e. The summed E-state index contributed by atoms with van der Waals surface area (Å²) < 4.78 is 18.7. The summed E-state index contributed by atoms with van der Waals surface area (Å²) >= 11 is 0. The Hall–Kier alpha value is -1.46. The summed E-state index contributed by atoms with van der Waals surface area (Å²) in [4.78, 5) is 13.9. The van der Waals surface area contributed by atoms with Gasteiger partial charge in [0.25, 0.3) is 5.91 Å². The van der Waals surface area contributed by atoms with Gasteiger partial charge in [-0.15, -0.1) is 0 Å². The number of hydrogen-bond donors (Lipinski definition) is 1. The Morgan fingerprint density at radius 3 is 2.79 bits per heavy atom. The third-order valence-corrected chi connectivity index (χ3v) is 3.27. The first-order valence-electron chi connectivity index (χ1n) is 6.57. The lowest BCUT2D eigenvalue weighted by Crippen LogP contribution is -2.41. The molecule has 1 aliphatic rings. The van der Waals surface area contributed by atoms with Crippen LogP contribution in [-0.4, -0.2) is 43.2 Å². The van der Waals surface area contributed by atoms with Crippen molar-refractivity contribution in [2.75, 3.05) is 26.2 Å². The number of nitrogens with two attached hydrogens (primary N) is 1. The molecule has 5 heteroatoms. The molecule has 2 N–H and O–H groups in total. The Labute approximate surface area is 112 Å². The minimum Gasteiger partial charge on any atom is -0.377 e. The van der Waals surface area contributed by atoms with Gasteiger partial charge in [-0.2, -0.15) is 0 Å². The molecule has 1 aromatic rings. The second-order valence-electron chi connectivity index (χ2n) is 4.66. The van der Waals surface area contributed by atoms with E-state index in [0.29, 0.717) is 31.8 Å². The lowest BCUT2D eigenvalue weighted by Gasteiger charge is -2.32. The molecule has 0 radical (unpaired) electrons. The molecule has 1 aliphatic heterocycles. The molecule has 1 heterocycles. The lowest BCUT2D eigenvalue weighted by atomic mass is 10.1. The Balaban J connectivity index is 1.89. The fourth-order valence-corrected chi connectivity index (χ4v) is 2.26. The number of hydrogen-bond acceptors (Lipinski definition) is 3. The van der Waals surface area contributed by atoms with Crippen molar-refractivity contribution < 1.29 is 13.9 Å². The molecule has 0 aliphatic carbocycles. The second kappa shape index (κ2) is 6.63. The molecule has 104 valence electrons. The molecule has 0 aromatic heterocycles. The summed E-state index contributed by atoms with van der Waals surface area (Å²) in [6, 6.07) is 5.81. The van der Waals surface area contributed by atoms with Crippen molar-refractivity contribution in [2.45, 2.75) is 18.9 Å². The number of rotatable bonds is 4. The molecule has 0 atom stereocenters. The molecule has 1 fully saturated rings. The van der Waals surface area contributed by atoms with E-state index in [1.807, 2.05) is 0 Å². The molecule has 0 saturated carbocycles. The molecule has 1 saturated heterocycles. The number of likely N-dealkylation sites (tertiary alicyclic amines) is 1. The minimum atomic E-state index is -0.382. The third-order valence-electron chi connectivity index (χ3n) is 3.27. The summed E-state index contributed by atoms with van der Waals surface area (Å²) in [5.41, 5.74) is 5.79. The average Bonchev–Trinajstić information content (AvgIpc) is 2.45. The van der Waals surface area contributed by atoms with Gasteiger partial charge in [0.1, 0.15) is 5.82 Å². The summed E-state index contributed by atoms with van der Waals surface area (Å²) in [7, 11) is 0. The molecular formula is C14H19FN2O2. The van der Waals surface area contributed by atoms with Crippen LogP contribution in [0.25, 0.3) is 0 Å². The monoisotopic (exact) mass is 266 g/mol. The Morgan fingerprint density at radius 1 is 1.42 bits per heavy atom. The molecule has 2 rings (SSSR count). The predicted octanol–water partition coefficient (Wildman–Crippen LogP) is 1.41. The number of carbonyl (C=O) groups is 1. The zero-order chi connectivity index (χ0) is 13.7. The van der Waals surface area contributed by atoms with Gasteiger partial charge >= 0.3 is 0 Å². The highest BCUT2D eigenvalue weighted by molar-refractivity contribution is 5.94. The highest BCUT2D eigenvalue weighted by Gasteiger charge is 2.23. The van der Waals surface area contributed by atoms with E-state index in [9.17, 15) is 9.18 Å². The standard InChI is InChI=1S/C14H19FN2O2/c15-12-3-1-2-11(10-12)14(18)17-7-4-13(5-8-17)19-9-6-16/h1-3,10,13H,4-9,16H2. The summed E-state index contributed by atoms with van der Waals surface area (Å²) in [6.07, 6.45) is 1.79. The molecular weight excluding hydrogens is 247 g/mol. The van der Waals surface area contributed by atoms with Crippen molar-refractivity contribution in [2.24, 2.45) is 5.73 Å². The average molecular weight is 266 g/mol. The van der Waals surface area contributed by atoms with Gasteiger partial charge in [0.15, 0.2) is 0 Å². The van der Waals surface area contributed by atoms with Crippen molar-refractivity contribution in [3.05, 3.63) is 35.6 Å². The lowest BCUT2D eigenvalue weighted by molar-refractivity contribution is 0.0121. The first kappa shape index (κ1) is 14.0. The second-order valence-corrected chi connectivity index (χ2v) is 4.66. The predicted molar refractivity (Wildman–Crippen MR) is 70.3 cm³/mol. The van der Waals surface area contributed by atoms with Crippen LogP contribution in [-0.2, 0) is 4.74 Å². The van der Waals surface area contributed by atoms with Crippen LogP contribution in [0.3, 0.4) is 0 Å². The maximum Gasteiger partial charge on any atom is 0.253 e. The first-order chi connectivity index (χ1) is 9.20. The summed E-state index contributed by atoms with van der Waals surface area (Å²) in [5.74, 6) is -0.496. The van der Waals surface area contributed by atoms with Crippen molar-refractivity contribution in [3.63, 3.8) is 0 Å². The van der Waals surface area contributed by atoms with Gasteiger partial charge in [-0.05, 0) is 31.0 Å². The number of nitrogens with zero attached hydrogens (tertiary/aromatic N) is 1. The fourth-order valence-electron chi connectivity index (χ4n) is 2.26. The van der Waals surface area contributed by atoms with Gasteiger partial charge < -0.3 is 15.4 Å². The van der Waals surface area contributed by atoms with Gasteiger partial charge in [-0.25, -0.2) is 4.39 Å². The van der Waals surface area contributed by atoms with Crippen molar-refractivity contribution >= 4 is 5.91 Å². The van der Waals surface area contributed by atoms with Crippen LogP contribution in [0.2, 0.25) is 0 Å². The van der Waals surface area contributed by atoms with E-state index in [4.69, 9.17) is 10.5 Å². The molecule has 1 amide bonds. The number of piperidine rings is 1. The smallest absolute Gasteiger partial charge is 0.253 e. The topological polar surface area (TPSA) is 55.6 Å². The first-order valence-corrected chi connectivity index (χ1v) is 6.57. The van der Waals surface area contributed by atoms with E-state index >= 15 is 0 Å². The van der Waals surface area contributed by atoms with E-state index in [-0.39, 0.29) is 17.8 Å². The van der Waals surface area contributed by atoms with Crippen molar-refractivity contribution in [1.82, 2.24) is 4.90 Å². The Bertz CT molecular complexity index is 431. The van der Waals surface area contributed by atoms with Crippen LogP contribution in [0.1, 0.15) is 23.2 Å². The van der Waals surface area contributed by atoms with Crippen LogP contribution >= 0.6 is 0 Å². The molecule has 0 unspecified atom stereocenters. The van der Waals surface area contributed by atoms with Gasteiger partial charge in [0.2, 0.25) is 0 Å². The SMILES string of the molecule is NCCOC1CCN(C(=O)c2cccc(F)c2)CC1. The number of halogens is 1. The minimum absolute atomic E-state index is 0.114. The fraction of sp³-hybridized carbons (Fsp3) is 0.500. The molecule has 1 aromatic carbocycles. The maximum absolute atomic E-state index is 13.1. The van der Waals surface area contributed by atoms with Gasteiger partial charge in [0.05, 0.1) is 12.7 Å². The van der Waals surface area contributed by atoms with E-state index in [1.165, 1.54) is 12.1 Å². The van der Waals surface area contributed by atoms with E-state index < -0.39 is 0 Å². The van der Waals surface area contributed by atoms with Crippen LogP contribution in [0.4, 0.5) is 4.39 Å². The number of ether oxygens (including phenoxy) is 1. The number of amides is 1. The number of benzene rings is 1. The Kier molecular flexibility index (Phi) is 4.87. The Morgan fingerprint density at radius 2 is 2.16 bits per heavy atom. The quantitative estimate of drug-likeness (QED) is 0.896. The van der Waals surface area contributed by atoms with E-state index in [0.717, 1.165) is 12.8 Å².